The first-order valence-electron chi connectivity index (χ1n) is 44.4. The van der Waals surface area contributed by atoms with E-state index in [0.29, 0.717) is 0 Å². The van der Waals surface area contributed by atoms with E-state index in [9.17, 15) is 0 Å². The Bertz CT molecular complexity index is 8470. The lowest BCUT2D eigenvalue weighted by Crippen LogP contribution is -1.92. The van der Waals surface area contributed by atoms with Crippen molar-refractivity contribution in [1.82, 2.24) is 15.0 Å². The Balaban J connectivity index is 0.000000113. The lowest BCUT2D eigenvalue weighted by molar-refractivity contribution is 0.668. The Morgan fingerprint density at radius 2 is 0.420 bits per heavy atom. The highest BCUT2D eigenvalue weighted by Gasteiger charge is 2.21. The largest absolute Gasteiger partial charge is 0.456 e. The van der Waals surface area contributed by atoms with Crippen LogP contribution in [0.1, 0.15) is 0 Å². The van der Waals surface area contributed by atoms with Gasteiger partial charge in [0.15, 0.2) is 0 Å². The molecule has 0 N–H and O–H groups in total. The molecule has 614 valence electrons. The molecule has 0 amide bonds. The van der Waals surface area contributed by atoms with Crippen molar-refractivity contribution < 1.29 is 13.3 Å². The second-order valence-corrected chi connectivity index (χ2v) is 33.2. The third-order valence-corrected chi connectivity index (χ3v) is 25.0. The SMILES string of the molecule is c1ccc(-c2cc(-c3cccc(-c4ccc5oc6ccccc6c5c4)c3)cc(-c3ccccc3)n2)cc1.c1ccc(-c2ccc(-c3cc(-c4ccc(-c5cc6ccccc6c6oc7ccccc7c56)cc4)cc(-c4ccccc4)n3)cc2)cc1.c1ccc(-c2cccc(-c3cc(-c4ccc(-c5ccc6oc7ccc8ccccc8c7c6c5)cc4)cc(-c4ccccc4)n3)c2)cc1. The van der Waals surface area contributed by atoms with E-state index in [-0.39, 0.29) is 0 Å². The Kier molecular flexibility index (Phi) is 20.6. The smallest absolute Gasteiger partial charge is 0.143 e. The molecule has 0 spiro atoms. The zero-order valence-electron chi connectivity index (χ0n) is 71.3. The monoisotopic (exact) mass is 1670 g/mol. The molecule has 0 aliphatic carbocycles. The molecule has 0 saturated carbocycles. The van der Waals surface area contributed by atoms with Crippen molar-refractivity contribution >= 4 is 87.4 Å². The van der Waals surface area contributed by atoms with Crippen LogP contribution in [0, 0.1) is 0 Å². The number of furan rings is 3. The van der Waals surface area contributed by atoms with E-state index in [1.54, 1.807) is 0 Å². The van der Waals surface area contributed by atoms with Crippen LogP contribution < -0.4 is 0 Å². The average Bonchev–Trinajstić information content (AvgIpc) is 1.60. The Labute approximate surface area is 758 Å². The molecule has 0 fully saturated rings. The topological polar surface area (TPSA) is 78.1 Å². The first-order chi connectivity index (χ1) is 64.9. The average molecular weight is 1670 g/mol. The van der Waals surface area contributed by atoms with E-state index >= 15 is 0 Å². The number of para-hydroxylation sites is 2. The van der Waals surface area contributed by atoms with Gasteiger partial charge in [0.2, 0.25) is 0 Å². The van der Waals surface area contributed by atoms with Gasteiger partial charge < -0.3 is 13.3 Å². The molecule has 0 atom stereocenters. The highest BCUT2D eigenvalue weighted by atomic mass is 16.3. The minimum Gasteiger partial charge on any atom is -0.456 e. The number of hydrogen-bond donors (Lipinski definition) is 0. The minimum absolute atomic E-state index is 0.908. The predicted molar refractivity (Wildman–Crippen MR) is 546 cm³/mol. The van der Waals surface area contributed by atoms with Gasteiger partial charge in [0.05, 0.1) is 34.2 Å². The van der Waals surface area contributed by atoms with Crippen molar-refractivity contribution in [2.24, 2.45) is 0 Å². The van der Waals surface area contributed by atoms with E-state index in [0.717, 1.165) is 178 Å². The fraction of sp³-hybridized carbons (Fsp3) is 0. The second kappa shape index (κ2) is 34.5. The maximum absolute atomic E-state index is 6.46. The normalized spacial score (nSPS) is 11.4. The molecule has 0 bridgehead atoms. The second-order valence-electron chi connectivity index (χ2n) is 33.2. The molecular formula is C125H81N3O3. The summed E-state index contributed by atoms with van der Waals surface area (Å²) in [6.45, 7) is 0. The molecule has 19 aromatic carbocycles. The van der Waals surface area contributed by atoms with Crippen LogP contribution >= 0.6 is 0 Å². The number of hydrogen-bond acceptors (Lipinski definition) is 6. The molecule has 0 aliphatic rings. The van der Waals surface area contributed by atoms with Crippen LogP contribution in [0.5, 0.6) is 0 Å². The molecule has 131 heavy (non-hydrogen) atoms. The van der Waals surface area contributed by atoms with E-state index in [1.165, 1.54) is 66.1 Å². The van der Waals surface area contributed by atoms with Gasteiger partial charge in [0.1, 0.15) is 33.5 Å². The number of rotatable bonds is 14. The summed E-state index contributed by atoms with van der Waals surface area (Å²) < 4.78 is 18.7. The summed E-state index contributed by atoms with van der Waals surface area (Å²) in [4.78, 5) is 15.3. The van der Waals surface area contributed by atoms with E-state index in [2.05, 4.69) is 443 Å². The van der Waals surface area contributed by atoms with Gasteiger partial charge in [-0.1, -0.05) is 394 Å². The van der Waals surface area contributed by atoms with Crippen LogP contribution in [0.15, 0.2) is 505 Å². The summed E-state index contributed by atoms with van der Waals surface area (Å²) in [7, 11) is 0. The van der Waals surface area contributed by atoms with Crippen molar-refractivity contribution in [1.29, 1.82) is 0 Å². The van der Waals surface area contributed by atoms with Gasteiger partial charge in [-0.25, -0.2) is 15.0 Å². The van der Waals surface area contributed by atoms with Crippen LogP contribution in [-0.2, 0) is 0 Å². The molecule has 25 aromatic rings. The Morgan fingerprint density at radius 3 is 0.947 bits per heavy atom. The molecule has 6 nitrogen and oxygen atoms in total. The molecule has 0 saturated heterocycles. The Hall–Kier alpha value is -17.5. The molecule has 0 unspecified atom stereocenters. The summed E-state index contributed by atoms with van der Waals surface area (Å²) in [5.74, 6) is 0. The molecule has 0 aliphatic heterocycles. The van der Waals surface area contributed by atoms with Crippen LogP contribution in [-0.4, -0.2) is 15.0 Å². The van der Waals surface area contributed by atoms with Gasteiger partial charge in [-0.15, -0.1) is 0 Å². The summed E-state index contributed by atoms with van der Waals surface area (Å²) in [5, 5.41) is 11.6. The molecule has 6 heteroatoms. The van der Waals surface area contributed by atoms with Crippen molar-refractivity contribution in [3.8, 4) is 157 Å². The molecule has 6 heterocycles. The fourth-order valence-corrected chi connectivity index (χ4v) is 18.4. The number of pyridine rings is 3. The first kappa shape index (κ1) is 78.3. The van der Waals surface area contributed by atoms with Crippen LogP contribution in [0.4, 0.5) is 0 Å². The fourth-order valence-electron chi connectivity index (χ4n) is 18.4. The number of fused-ring (bicyclic) bond motifs is 13. The van der Waals surface area contributed by atoms with E-state index in [4.69, 9.17) is 28.2 Å². The van der Waals surface area contributed by atoms with Crippen molar-refractivity contribution in [2.45, 2.75) is 0 Å². The van der Waals surface area contributed by atoms with Crippen molar-refractivity contribution in [3.05, 3.63) is 491 Å². The van der Waals surface area contributed by atoms with Crippen molar-refractivity contribution in [3.63, 3.8) is 0 Å². The summed E-state index contributed by atoms with van der Waals surface area (Å²) in [6.07, 6.45) is 0. The van der Waals surface area contributed by atoms with Gasteiger partial charge in [-0.05, 0) is 202 Å². The molecule has 0 radical (unpaired) electrons. The van der Waals surface area contributed by atoms with E-state index < -0.39 is 0 Å². The summed E-state index contributed by atoms with van der Waals surface area (Å²) >= 11 is 0. The molecular weight excluding hydrogens is 1590 g/mol. The highest BCUT2D eigenvalue weighted by molar-refractivity contribution is 6.22. The maximum atomic E-state index is 6.46. The lowest BCUT2D eigenvalue weighted by Gasteiger charge is -2.12. The maximum Gasteiger partial charge on any atom is 0.143 e. The third-order valence-electron chi connectivity index (χ3n) is 25.0. The summed E-state index contributed by atoms with van der Waals surface area (Å²) in [6, 6.07) is 173. The number of nitrogens with zero attached hydrogens (tertiary/aromatic N) is 3. The zero-order chi connectivity index (χ0) is 86.9. The lowest BCUT2D eigenvalue weighted by atomic mass is 9.93. The first-order valence-corrected chi connectivity index (χ1v) is 44.4. The number of aromatic nitrogens is 3. The van der Waals surface area contributed by atoms with Gasteiger partial charge in [0, 0.05) is 71.1 Å². The van der Waals surface area contributed by atoms with Gasteiger partial charge in [0.25, 0.3) is 0 Å². The molecule has 25 rings (SSSR count). The van der Waals surface area contributed by atoms with Gasteiger partial charge in [-0.2, -0.15) is 0 Å². The van der Waals surface area contributed by atoms with Gasteiger partial charge in [-0.3, -0.25) is 0 Å². The van der Waals surface area contributed by atoms with Crippen LogP contribution in [0.2, 0.25) is 0 Å². The zero-order valence-corrected chi connectivity index (χ0v) is 71.3. The van der Waals surface area contributed by atoms with E-state index in [1.807, 2.05) is 48.5 Å². The van der Waals surface area contributed by atoms with Crippen molar-refractivity contribution in [2.75, 3.05) is 0 Å². The summed E-state index contributed by atoms with van der Waals surface area (Å²) in [5.41, 5.74) is 36.5. The van der Waals surface area contributed by atoms with Gasteiger partial charge >= 0.3 is 0 Å². The van der Waals surface area contributed by atoms with Crippen LogP contribution in [0.3, 0.4) is 0 Å². The third kappa shape index (κ3) is 15.7. The Morgan fingerprint density at radius 1 is 0.130 bits per heavy atom. The predicted octanol–water partition coefficient (Wildman–Crippen LogP) is 34.6. The highest BCUT2D eigenvalue weighted by Crippen LogP contribution is 2.45. The van der Waals surface area contributed by atoms with Crippen LogP contribution in [0.25, 0.3) is 244 Å². The molecule has 6 aromatic heterocycles. The quantitative estimate of drug-likeness (QED) is 0.108. The number of benzene rings is 19. The minimum atomic E-state index is 0.908. The standard InChI is InChI=1S/2C45H29NO.C35H23NO/c1-3-11-30(12-4-1)31-21-25-35(26-22-31)42-29-37(28-41(46-42)34-13-5-2-6-14-34)32-19-23-33(24-20-32)40-27-36-15-7-8-16-38(36)45-44(40)39-17-9-10-18-43(39)47-45;1-3-10-30(11-4-1)35-15-9-16-37(26-35)42-29-38(28-41(46-42)34-13-5-2-6-14-34)32-20-18-31(19-21-32)36-23-24-43-40(27-36)45-39-17-8-7-12-33(39)22-25-44(45)47-43;1-3-10-24(11-4-1)32-22-29(23-33(36-32)25-12-5-2-6-13-25)27-15-9-14-26(20-27)28-18-19-35-31(21-28)30-16-7-8-17-34(30)37-35/h2*1-29H;1-23H.